The molecule has 0 saturated carbocycles. The molecule has 0 radical (unpaired) electrons. The van der Waals surface area contributed by atoms with E-state index >= 15 is 0 Å². The normalized spacial score (nSPS) is 21.6. The van der Waals surface area contributed by atoms with E-state index in [-0.39, 0.29) is 17.4 Å². The van der Waals surface area contributed by atoms with Gasteiger partial charge in [0, 0.05) is 37.2 Å². The summed E-state index contributed by atoms with van der Waals surface area (Å²) in [6.45, 7) is 1.76. The minimum absolute atomic E-state index is 0.0384. The number of benzene rings is 2. The van der Waals surface area contributed by atoms with Crippen LogP contribution in [0.5, 0.6) is 0 Å². The van der Waals surface area contributed by atoms with E-state index in [0.29, 0.717) is 42.9 Å². The van der Waals surface area contributed by atoms with E-state index in [4.69, 9.17) is 0 Å². The first-order chi connectivity index (χ1) is 12.9. The van der Waals surface area contributed by atoms with Gasteiger partial charge in [0.25, 0.3) is 0 Å². The molecule has 2 aliphatic rings. The van der Waals surface area contributed by atoms with Crippen LogP contribution in [-0.2, 0) is 4.79 Å². The van der Waals surface area contributed by atoms with Gasteiger partial charge in [-0.3, -0.25) is 4.79 Å². The van der Waals surface area contributed by atoms with Gasteiger partial charge < -0.3 is 15.5 Å². The van der Waals surface area contributed by atoms with Gasteiger partial charge in [-0.1, -0.05) is 18.2 Å². The number of likely N-dealkylation sites (tertiary alicyclic amines) is 1. The quantitative estimate of drug-likeness (QED) is 0.850. The number of anilines is 1. The fourth-order valence-electron chi connectivity index (χ4n) is 3.80. The molecule has 0 aliphatic carbocycles. The van der Waals surface area contributed by atoms with Crippen molar-refractivity contribution in [1.29, 1.82) is 0 Å². The molecule has 1 atom stereocenters. The number of carbonyl (C=O) groups is 2. The molecule has 2 aromatic rings. The molecule has 140 valence electrons. The SMILES string of the molecule is O=C1CC2(CCN(C(=O)Nc3cccc(-c4ccc(F)c(F)c4)c3)C2)CN1. The third-order valence-corrected chi connectivity index (χ3v) is 5.29. The number of amides is 3. The molecule has 2 fully saturated rings. The first-order valence-electron chi connectivity index (χ1n) is 8.82. The van der Waals surface area contributed by atoms with E-state index in [1.807, 2.05) is 0 Å². The lowest BCUT2D eigenvalue weighted by atomic mass is 9.86. The van der Waals surface area contributed by atoms with E-state index in [2.05, 4.69) is 10.6 Å². The Morgan fingerprint density at radius 3 is 2.67 bits per heavy atom. The van der Waals surface area contributed by atoms with Gasteiger partial charge in [0.15, 0.2) is 11.6 Å². The average Bonchev–Trinajstić information content (AvgIpc) is 3.23. The van der Waals surface area contributed by atoms with Crippen LogP contribution in [0.25, 0.3) is 11.1 Å². The van der Waals surface area contributed by atoms with Crippen LogP contribution < -0.4 is 10.6 Å². The number of nitrogens with one attached hydrogen (secondary N) is 2. The van der Waals surface area contributed by atoms with Crippen LogP contribution in [0.4, 0.5) is 19.3 Å². The zero-order valence-electron chi connectivity index (χ0n) is 14.6. The summed E-state index contributed by atoms with van der Waals surface area (Å²) in [6.07, 6.45) is 1.26. The topological polar surface area (TPSA) is 61.4 Å². The van der Waals surface area contributed by atoms with Gasteiger partial charge in [-0.2, -0.15) is 0 Å². The Kier molecular flexibility index (Phi) is 4.30. The number of hydrogen-bond donors (Lipinski definition) is 2. The predicted molar refractivity (Wildman–Crippen MR) is 97.1 cm³/mol. The van der Waals surface area contributed by atoms with Gasteiger partial charge >= 0.3 is 6.03 Å². The summed E-state index contributed by atoms with van der Waals surface area (Å²) in [6, 6.07) is 10.5. The lowest BCUT2D eigenvalue weighted by Gasteiger charge is -2.22. The number of urea groups is 1. The molecular formula is C20H19F2N3O2. The van der Waals surface area contributed by atoms with Crippen molar-refractivity contribution >= 4 is 17.6 Å². The van der Waals surface area contributed by atoms with Crippen molar-refractivity contribution in [3.63, 3.8) is 0 Å². The summed E-state index contributed by atoms with van der Waals surface area (Å²) in [5.41, 5.74) is 1.63. The molecule has 2 aromatic carbocycles. The third-order valence-electron chi connectivity index (χ3n) is 5.29. The van der Waals surface area contributed by atoms with Gasteiger partial charge in [0.2, 0.25) is 5.91 Å². The predicted octanol–water partition coefficient (Wildman–Crippen LogP) is 3.38. The maximum Gasteiger partial charge on any atom is 0.321 e. The van der Waals surface area contributed by atoms with Crippen LogP contribution in [-0.4, -0.2) is 36.5 Å². The van der Waals surface area contributed by atoms with Crippen molar-refractivity contribution in [2.45, 2.75) is 12.8 Å². The molecule has 2 heterocycles. The Balaban J connectivity index is 1.46. The van der Waals surface area contributed by atoms with Crippen molar-refractivity contribution in [3.8, 4) is 11.1 Å². The molecule has 27 heavy (non-hydrogen) atoms. The first kappa shape index (κ1) is 17.5. The van der Waals surface area contributed by atoms with Gasteiger partial charge in [-0.05, 0) is 41.8 Å². The molecule has 2 N–H and O–H groups in total. The second-order valence-electron chi connectivity index (χ2n) is 7.26. The molecule has 0 bridgehead atoms. The highest BCUT2D eigenvalue weighted by atomic mass is 19.2. The highest BCUT2D eigenvalue weighted by molar-refractivity contribution is 5.90. The van der Waals surface area contributed by atoms with E-state index < -0.39 is 11.6 Å². The number of carbonyl (C=O) groups excluding carboxylic acids is 2. The van der Waals surface area contributed by atoms with E-state index in [1.165, 1.54) is 6.07 Å². The number of nitrogens with zero attached hydrogens (tertiary/aromatic N) is 1. The summed E-state index contributed by atoms with van der Waals surface area (Å²) < 4.78 is 26.6. The molecule has 1 unspecified atom stereocenters. The maximum atomic E-state index is 13.5. The van der Waals surface area contributed by atoms with Gasteiger partial charge in [-0.15, -0.1) is 0 Å². The standard InChI is InChI=1S/C20H19F2N3O2/c21-16-5-4-14(9-17(16)22)13-2-1-3-15(8-13)24-19(27)25-7-6-20(12-25)10-18(26)23-11-20/h1-5,8-9H,6-7,10-12H2,(H,23,26)(H,24,27). The van der Waals surface area contributed by atoms with E-state index in [0.717, 1.165) is 18.6 Å². The molecule has 4 rings (SSSR count). The van der Waals surface area contributed by atoms with Crippen LogP contribution in [0.3, 0.4) is 0 Å². The zero-order valence-corrected chi connectivity index (χ0v) is 14.6. The summed E-state index contributed by atoms with van der Waals surface area (Å²) in [4.78, 5) is 25.8. The number of hydrogen-bond acceptors (Lipinski definition) is 2. The molecule has 1 spiro atoms. The van der Waals surface area contributed by atoms with Crippen molar-refractivity contribution in [1.82, 2.24) is 10.2 Å². The molecular weight excluding hydrogens is 352 g/mol. The molecule has 2 saturated heterocycles. The van der Waals surface area contributed by atoms with Crippen LogP contribution in [0.15, 0.2) is 42.5 Å². The number of halogens is 2. The summed E-state index contributed by atoms with van der Waals surface area (Å²) >= 11 is 0. The largest absolute Gasteiger partial charge is 0.355 e. The van der Waals surface area contributed by atoms with Crippen molar-refractivity contribution in [2.24, 2.45) is 5.41 Å². The smallest absolute Gasteiger partial charge is 0.321 e. The van der Waals surface area contributed by atoms with E-state index in [1.54, 1.807) is 29.2 Å². The van der Waals surface area contributed by atoms with Crippen LogP contribution in [0.1, 0.15) is 12.8 Å². The third kappa shape index (κ3) is 3.49. The Morgan fingerprint density at radius 2 is 1.93 bits per heavy atom. The van der Waals surface area contributed by atoms with Crippen molar-refractivity contribution in [2.75, 3.05) is 25.0 Å². The minimum Gasteiger partial charge on any atom is -0.355 e. The fourth-order valence-corrected chi connectivity index (χ4v) is 3.80. The summed E-state index contributed by atoms with van der Waals surface area (Å²) in [5, 5.41) is 5.69. The Morgan fingerprint density at radius 1 is 1.11 bits per heavy atom. The van der Waals surface area contributed by atoms with Crippen LogP contribution >= 0.6 is 0 Å². The highest BCUT2D eigenvalue weighted by Crippen LogP contribution is 2.36. The molecule has 3 amide bonds. The molecule has 2 aliphatic heterocycles. The van der Waals surface area contributed by atoms with Crippen molar-refractivity contribution in [3.05, 3.63) is 54.1 Å². The average molecular weight is 371 g/mol. The molecule has 7 heteroatoms. The number of rotatable bonds is 2. The Bertz CT molecular complexity index is 918. The maximum absolute atomic E-state index is 13.5. The van der Waals surface area contributed by atoms with E-state index in [9.17, 15) is 18.4 Å². The highest BCUT2D eigenvalue weighted by Gasteiger charge is 2.45. The molecule has 5 nitrogen and oxygen atoms in total. The van der Waals surface area contributed by atoms with Crippen molar-refractivity contribution < 1.29 is 18.4 Å². The van der Waals surface area contributed by atoms with Gasteiger partial charge in [-0.25, -0.2) is 13.6 Å². The van der Waals surface area contributed by atoms with Crippen LogP contribution in [0.2, 0.25) is 0 Å². The summed E-state index contributed by atoms with van der Waals surface area (Å²) in [5.74, 6) is -1.77. The monoisotopic (exact) mass is 371 g/mol. The minimum atomic E-state index is -0.913. The van der Waals surface area contributed by atoms with Crippen LogP contribution in [0, 0.1) is 17.0 Å². The lowest BCUT2D eigenvalue weighted by molar-refractivity contribution is -0.119. The summed E-state index contributed by atoms with van der Waals surface area (Å²) in [7, 11) is 0. The van der Waals surface area contributed by atoms with Gasteiger partial charge in [0.1, 0.15) is 0 Å². The fraction of sp³-hybridized carbons (Fsp3) is 0.300. The Labute approximate surface area is 155 Å². The van der Waals surface area contributed by atoms with Gasteiger partial charge in [0.05, 0.1) is 0 Å². The second-order valence-corrected chi connectivity index (χ2v) is 7.26. The second kappa shape index (κ2) is 6.64. The molecule has 0 aromatic heterocycles. The lowest BCUT2D eigenvalue weighted by Crippen LogP contribution is -2.36. The Hall–Kier alpha value is -2.96. The zero-order chi connectivity index (χ0) is 19.0. The first-order valence-corrected chi connectivity index (χ1v) is 8.82.